The molecule has 1 aliphatic heterocycles. The smallest absolute Gasteiger partial charge is 0.407 e. The maximum atomic E-state index is 13.1. The Morgan fingerprint density at radius 3 is 2.33 bits per heavy atom. The first kappa shape index (κ1) is 31.8. The van der Waals surface area contributed by atoms with Crippen molar-refractivity contribution in [3.8, 4) is 22.4 Å². The van der Waals surface area contributed by atoms with E-state index in [9.17, 15) is 9.59 Å². The van der Waals surface area contributed by atoms with Gasteiger partial charge in [0.25, 0.3) is 0 Å². The zero-order valence-electron chi connectivity index (χ0n) is 28.0. The van der Waals surface area contributed by atoms with E-state index in [4.69, 9.17) is 19.4 Å². The molecule has 244 valence electrons. The van der Waals surface area contributed by atoms with Gasteiger partial charge in [-0.05, 0) is 102 Å². The van der Waals surface area contributed by atoms with E-state index in [0.717, 1.165) is 76.4 Å². The second-order valence-corrected chi connectivity index (χ2v) is 18.9. The van der Waals surface area contributed by atoms with Crippen molar-refractivity contribution in [3.05, 3.63) is 54.5 Å². The van der Waals surface area contributed by atoms with Crippen LogP contribution in [0.15, 0.2) is 48.7 Å². The van der Waals surface area contributed by atoms with Gasteiger partial charge >= 0.3 is 12.2 Å². The summed E-state index contributed by atoms with van der Waals surface area (Å²) in [6.45, 7) is 14.2. The van der Waals surface area contributed by atoms with Gasteiger partial charge in [-0.15, -0.1) is 0 Å². The minimum absolute atomic E-state index is 0.00607. The van der Waals surface area contributed by atoms with Crippen molar-refractivity contribution in [1.82, 2.24) is 29.8 Å². The first-order valence-electron chi connectivity index (χ1n) is 16.3. The Bertz CT molecular complexity index is 1730. The number of benzene rings is 2. The van der Waals surface area contributed by atoms with Gasteiger partial charge in [0.15, 0.2) is 0 Å². The van der Waals surface area contributed by atoms with Crippen LogP contribution in [-0.2, 0) is 9.47 Å². The Balaban J connectivity index is 1.16. The summed E-state index contributed by atoms with van der Waals surface area (Å²) in [5.41, 5.74) is 5.89. The molecule has 1 aliphatic carbocycles. The van der Waals surface area contributed by atoms with E-state index >= 15 is 0 Å². The molecule has 1 saturated carbocycles. The van der Waals surface area contributed by atoms with Crippen LogP contribution in [0.2, 0.25) is 12.6 Å². The molecule has 3 atom stereocenters. The number of H-pyrrole nitrogens is 2. The largest absolute Gasteiger partial charge is 0.444 e. The Morgan fingerprint density at radius 2 is 1.61 bits per heavy atom. The van der Waals surface area contributed by atoms with Crippen LogP contribution in [-0.4, -0.2) is 68.7 Å². The lowest BCUT2D eigenvalue weighted by Gasteiger charge is -2.33. The number of fused-ring (bicyclic) bond motifs is 1. The van der Waals surface area contributed by atoms with Crippen LogP contribution >= 0.6 is 0 Å². The number of rotatable bonds is 5. The highest BCUT2D eigenvalue weighted by atomic mass is 28.3. The van der Waals surface area contributed by atoms with E-state index in [2.05, 4.69) is 58.2 Å². The third-order valence-electron chi connectivity index (χ3n) is 8.94. The van der Waals surface area contributed by atoms with E-state index in [-0.39, 0.29) is 24.1 Å². The molecule has 2 aromatic carbocycles. The summed E-state index contributed by atoms with van der Waals surface area (Å²) in [7, 11) is -2.35. The predicted molar refractivity (Wildman–Crippen MR) is 182 cm³/mol. The molecule has 2 aliphatic rings. The lowest BCUT2D eigenvalue weighted by Crippen LogP contribution is -2.60. The molecule has 46 heavy (non-hydrogen) atoms. The fourth-order valence-electron chi connectivity index (χ4n) is 6.70. The van der Waals surface area contributed by atoms with Gasteiger partial charge in [0.1, 0.15) is 22.5 Å². The number of amides is 2. The second-order valence-electron chi connectivity index (χ2n) is 14.9. The van der Waals surface area contributed by atoms with Gasteiger partial charge in [0.05, 0.1) is 22.9 Å². The lowest BCUT2D eigenvalue weighted by atomic mass is 10.0. The number of aromatic nitrogens is 4. The topological polar surface area (TPSA) is 125 Å². The highest BCUT2D eigenvalue weighted by Gasteiger charge is 2.48. The summed E-state index contributed by atoms with van der Waals surface area (Å²) in [5, 5.41) is 3.06. The minimum atomic E-state index is -2.35. The molecule has 2 aromatic heterocycles. The minimum Gasteiger partial charge on any atom is -0.444 e. The van der Waals surface area contributed by atoms with Gasteiger partial charge in [-0.25, -0.2) is 19.6 Å². The summed E-state index contributed by atoms with van der Waals surface area (Å²) in [6, 6.07) is 15.7. The van der Waals surface area contributed by atoms with Crippen LogP contribution in [0.4, 0.5) is 9.59 Å². The van der Waals surface area contributed by atoms with Crippen LogP contribution in [0.1, 0.15) is 79.0 Å². The second kappa shape index (κ2) is 11.9. The molecule has 1 saturated heterocycles. The van der Waals surface area contributed by atoms with Crippen molar-refractivity contribution < 1.29 is 19.1 Å². The number of ether oxygens (including phenoxy) is 2. The average molecular weight is 643 g/mol. The van der Waals surface area contributed by atoms with E-state index in [0.29, 0.717) is 6.54 Å². The number of nitrogens with one attached hydrogen (secondary N) is 3. The maximum absolute atomic E-state index is 13.1. The van der Waals surface area contributed by atoms with Gasteiger partial charge in [0, 0.05) is 18.5 Å². The molecule has 11 heteroatoms. The SMILES string of the molecule is CC(C)(C)OC(=O)NC1CCCC1c1ncc(-c2ccc(-c3ccc4nc([Si]5(C)CCCN5C(=O)OC(C)(C)C)[nH]c4c3)cc2)[nH]1. The van der Waals surface area contributed by atoms with E-state index < -0.39 is 19.4 Å². The van der Waals surface area contributed by atoms with E-state index in [1.54, 1.807) is 0 Å². The van der Waals surface area contributed by atoms with Crippen LogP contribution in [0.5, 0.6) is 0 Å². The molecular weight excluding hydrogens is 597 g/mol. The molecule has 2 fully saturated rings. The highest BCUT2D eigenvalue weighted by molar-refractivity contribution is 6.89. The Hall–Kier alpha value is -4.12. The summed E-state index contributed by atoms with van der Waals surface area (Å²) in [5.74, 6) is 1.01. The maximum Gasteiger partial charge on any atom is 0.407 e. The zero-order valence-corrected chi connectivity index (χ0v) is 29.0. The Labute approximate surface area is 271 Å². The van der Waals surface area contributed by atoms with Crippen molar-refractivity contribution in [2.24, 2.45) is 0 Å². The molecular formula is C35H46N6O4Si. The number of carbonyl (C=O) groups is 2. The molecule has 3 N–H and O–H groups in total. The lowest BCUT2D eigenvalue weighted by molar-refractivity contribution is 0.0388. The Kier molecular flexibility index (Phi) is 8.24. The van der Waals surface area contributed by atoms with E-state index in [1.807, 2.05) is 58.4 Å². The van der Waals surface area contributed by atoms with Gasteiger partial charge in [-0.1, -0.05) is 36.8 Å². The number of imidazole rings is 2. The molecule has 6 rings (SSSR count). The fraction of sp³-hybridized carbons (Fsp3) is 0.486. The van der Waals surface area contributed by atoms with Crippen molar-refractivity contribution in [2.75, 3.05) is 6.54 Å². The van der Waals surface area contributed by atoms with Crippen molar-refractivity contribution in [3.63, 3.8) is 0 Å². The van der Waals surface area contributed by atoms with E-state index in [1.165, 1.54) is 0 Å². The van der Waals surface area contributed by atoms with Gasteiger partial charge in [-0.3, -0.25) is 0 Å². The zero-order chi connectivity index (χ0) is 32.9. The molecule has 2 amide bonds. The van der Waals surface area contributed by atoms with Gasteiger partial charge in [0.2, 0.25) is 8.24 Å². The van der Waals surface area contributed by atoms with Crippen molar-refractivity contribution in [2.45, 2.75) is 103 Å². The van der Waals surface area contributed by atoms with Crippen LogP contribution in [0.25, 0.3) is 33.4 Å². The first-order valence-corrected chi connectivity index (χ1v) is 19.0. The normalized spacial score (nSPS) is 21.9. The summed E-state index contributed by atoms with van der Waals surface area (Å²) >= 11 is 0. The quantitative estimate of drug-likeness (QED) is 0.198. The fourth-order valence-corrected chi connectivity index (χ4v) is 10.2. The van der Waals surface area contributed by atoms with Gasteiger partial charge < -0.3 is 29.3 Å². The first-order chi connectivity index (χ1) is 21.7. The van der Waals surface area contributed by atoms with Gasteiger partial charge in [-0.2, -0.15) is 0 Å². The summed E-state index contributed by atoms with van der Waals surface area (Å²) in [4.78, 5) is 42.2. The third kappa shape index (κ3) is 6.70. The molecule has 3 heterocycles. The molecule has 0 bridgehead atoms. The van der Waals surface area contributed by atoms with Crippen molar-refractivity contribution >= 4 is 36.9 Å². The van der Waals surface area contributed by atoms with Crippen molar-refractivity contribution in [1.29, 1.82) is 0 Å². The highest BCUT2D eigenvalue weighted by Crippen LogP contribution is 2.35. The number of nitrogens with zero attached hydrogens (tertiary/aromatic N) is 3. The van der Waals surface area contributed by atoms with Crippen LogP contribution in [0.3, 0.4) is 0 Å². The monoisotopic (exact) mass is 642 g/mol. The number of hydrogen-bond acceptors (Lipinski definition) is 6. The number of aromatic amines is 2. The summed E-state index contributed by atoms with van der Waals surface area (Å²) in [6.07, 6.45) is 5.10. The number of carbonyl (C=O) groups excluding carboxylic acids is 2. The Morgan fingerprint density at radius 1 is 0.913 bits per heavy atom. The molecule has 3 unspecified atom stereocenters. The number of hydrogen-bond donors (Lipinski definition) is 3. The number of alkyl carbamates (subject to hydrolysis) is 1. The average Bonchev–Trinajstić information content (AvgIpc) is 3.76. The molecule has 0 spiro atoms. The third-order valence-corrected chi connectivity index (χ3v) is 13.1. The molecule has 0 radical (unpaired) electrons. The van der Waals surface area contributed by atoms with Crippen LogP contribution < -0.4 is 10.8 Å². The molecule has 10 nitrogen and oxygen atoms in total. The molecule has 4 aromatic rings. The standard InChI is InChI=1S/C35H46N6O4Si/c1-34(2,3)44-32(42)40-26-11-8-10-25(26)30-36-21-29(37-30)23-14-12-22(13-15-23)24-16-17-27-28(20-24)39-31(38-27)46(7)19-9-18-41(46)33(43)45-35(4,5)6/h12-17,20-21,25-26H,8-11,18-19H2,1-7H3,(H,36,37)(H,38,39)(H,40,42). The summed E-state index contributed by atoms with van der Waals surface area (Å²) < 4.78 is 13.2. The predicted octanol–water partition coefficient (Wildman–Crippen LogP) is 7.20. The van der Waals surface area contributed by atoms with Crippen LogP contribution in [0, 0.1) is 0 Å².